The van der Waals surface area contributed by atoms with Crippen molar-refractivity contribution in [2.45, 2.75) is 31.6 Å². The topological polar surface area (TPSA) is 33.1 Å². The van der Waals surface area contributed by atoms with E-state index < -0.39 is 6.10 Å². The van der Waals surface area contributed by atoms with E-state index >= 15 is 0 Å². The summed E-state index contributed by atoms with van der Waals surface area (Å²) >= 11 is 1.79. The molecule has 2 rings (SSSR count). The van der Waals surface area contributed by atoms with E-state index in [0.29, 0.717) is 0 Å². The summed E-state index contributed by atoms with van der Waals surface area (Å²) in [6.45, 7) is 4.17. The van der Waals surface area contributed by atoms with Gasteiger partial charge in [0, 0.05) is 23.6 Å². The van der Waals surface area contributed by atoms with Gasteiger partial charge in [0.15, 0.2) is 0 Å². The molecule has 0 saturated carbocycles. The molecular formula is C17H21NOS. The lowest BCUT2D eigenvalue weighted by molar-refractivity contribution is 0.173. The highest BCUT2D eigenvalue weighted by molar-refractivity contribution is 7.99. The van der Waals surface area contributed by atoms with Gasteiger partial charge in [-0.2, -0.15) is 11.8 Å². The van der Waals surface area contributed by atoms with Crippen LogP contribution >= 0.6 is 11.8 Å². The van der Waals surface area contributed by atoms with E-state index in [-0.39, 0.29) is 5.25 Å². The van der Waals surface area contributed by atoms with Crippen molar-refractivity contribution in [2.75, 3.05) is 5.75 Å². The molecule has 0 aliphatic carbocycles. The van der Waals surface area contributed by atoms with Crippen molar-refractivity contribution in [3.8, 4) is 0 Å². The van der Waals surface area contributed by atoms with Gasteiger partial charge in [-0.05, 0) is 35.9 Å². The van der Waals surface area contributed by atoms with Gasteiger partial charge in [0.25, 0.3) is 0 Å². The van der Waals surface area contributed by atoms with E-state index in [1.807, 2.05) is 55.6 Å². The minimum Gasteiger partial charge on any atom is -0.387 e. The molecule has 0 aliphatic rings. The molecule has 1 heterocycles. The van der Waals surface area contributed by atoms with Crippen molar-refractivity contribution in [1.82, 2.24) is 4.98 Å². The summed E-state index contributed by atoms with van der Waals surface area (Å²) in [6.07, 6.45) is 2.14. The number of aliphatic hydroxyl groups is 1. The number of aromatic nitrogens is 1. The van der Waals surface area contributed by atoms with Crippen LogP contribution in [0.1, 0.15) is 29.8 Å². The largest absolute Gasteiger partial charge is 0.387 e. The maximum Gasteiger partial charge on any atom is 0.0914 e. The number of aryl methyl sites for hydroxylation is 1. The Hall–Kier alpha value is -1.32. The first kappa shape index (κ1) is 15.1. The molecule has 2 unspecified atom stereocenters. The van der Waals surface area contributed by atoms with Crippen LogP contribution in [-0.2, 0) is 6.42 Å². The minimum atomic E-state index is -0.455. The summed E-state index contributed by atoms with van der Waals surface area (Å²) in [7, 11) is 0. The van der Waals surface area contributed by atoms with Crippen LogP contribution in [0.3, 0.4) is 0 Å². The van der Waals surface area contributed by atoms with Crippen LogP contribution in [0.4, 0.5) is 0 Å². The normalized spacial score (nSPS) is 13.9. The molecule has 20 heavy (non-hydrogen) atoms. The number of hydrogen-bond acceptors (Lipinski definition) is 3. The Morgan fingerprint density at radius 1 is 1.15 bits per heavy atom. The maximum absolute atomic E-state index is 10.7. The smallest absolute Gasteiger partial charge is 0.0914 e. The minimum absolute atomic E-state index is 0.135. The third kappa shape index (κ3) is 3.84. The summed E-state index contributed by atoms with van der Waals surface area (Å²) < 4.78 is 0. The van der Waals surface area contributed by atoms with Crippen LogP contribution in [0.15, 0.2) is 48.7 Å². The van der Waals surface area contributed by atoms with E-state index in [9.17, 15) is 5.11 Å². The van der Waals surface area contributed by atoms with Crippen molar-refractivity contribution < 1.29 is 5.11 Å². The zero-order chi connectivity index (χ0) is 14.4. The second-order valence-electron chi connectivity index (χ2n) is 4.82. The van der Waals surface area contributed by atoms with Crippen molar-refractivity contribution in [3.05, 3.63) is 65.5 Å². The monoisotopic (exact) mass is 287 g/mol. The third-order valence-electron chi connectivity index (χ3n) is 3.38. The van der Waals surface area contributed by atoms with Gasteiger partial charge in [-0.3, -0.25) is 4.98 Å². The van der Waals surface area contributed by atoms with Crippen molar-refractivity contribution in [1.29, 1.82) is 0 Å². The molecule has 0 spiro atoms. The highest BCUT2D eigenvalue weighted by Gasteiger charge is 2.22. The van der Waals surface area contributed by atoms with Gasteiger partial charge in [-0.15, -0.1) is 0 Å². The molecule has 0 amide bonds. The lowest BCUT2D eigenvalue weighted by Gasteiger charge is -2.23. The predicted molar refractivity (Wildman–Crippen MR) is 86.0 cm³/mol. The Balaban J connectivity index is 2.18. The van der Waals surface area contributed by atoms with Gasteiger partial charge < -0.3 is 5.11 Å². The summed E-state index contributed by atoms with van der Waals surface area (Å²) in [5.74, 6) is 0.987. The Bertz CT molecular complexity index is 530. The molecule has 106 valence electrons. The van der Waals surface area contributed by atoms with Crippen molar-refractivity contribution in [2.24, 2.45) is 0 Å². The maximum atomic E-state index is 10.7. The number of aliphatic hydroxyl groups excluding tert-OH is 1. The molecule has 0 fully saturated rings. The first-order valence-electron chi connectivity index (χ1n) is 6.97. The molecule has 0 radical (unpaired) electrons. The van der Waals surface area contributed by atoms with E-state index in [1.165, 1.54) is 0 Å². The second-order valence-corrected chi connectivity index (χ2v) is 6.34. The zero-order valence-electron chi connectivity index (χ0n) is 12.0. The fourth-order valence-corrected chi connectivity index (χ4v) is 3.37. The molecular weight excluding hydrogens is 266 g/mol. The van der Waals surface area contributed by atoms with Crippen molar-refractivity contribution in [3.63, 3.8) is 0 Å². The van der Waals surface area contributed by atoms with Crippen LogP contribution in [-0.4, -0.2) is 21.1 Å². The van der Waals surface area contributed by atoms with Gasteiger partial charge in [-0.25, -0.2) is 0 Å². The number of nitrogens with zero attached hydrogens (tertiary/aromatic N) is 1. The number of hydrogen-bond donors (Lipinski definition) is 1. The highest BCUT2D eigenvalue weighted by Crippen LogP contribution is 2.30. The van der Waals surface area contributed by atoms with Crippen LogP contribution < -0.4 is 0 Å². The molecule has 0 saturated heterocycles. The lowest BCUT2D eigenvalue weighted by Crippen LogP contribution is -2.19. The molecule has 1 N–H and O–H groups in total. The molecule has 3 heteroatoms. The first-order chi connectivity index (χ1) is 9.72. The average Bonchev–Trinajstić information content (AvgIpc) is 2.48. The molecule has 2 atom stereocenters. The van der Waals surface area contributed by atoms with Gasteiger partial charge in [0.05, 0.1) is 6.10 Å². The summed E-state index contributed by atoms with van der Waals surface area (Å²) in [4.78, 5) is 4.37. The number of rotatable bonds is 6. The Morgan fingerprint density at radius 2 is 1.90 bits per heavy atom. The molecule has 1 aromatic carbocycles. The molecule has 0 aliphatic heterocycles. The van der Waals surface area contributed by atoms with E-state index in [4.69, 9.17) is 0 Å². The van der Waals surface area contributed by atoms with Crippen molar-refractivity contribution >= 4 is 11.8 Å². The fourth-order valence-electron chi connectivity index (χ4n) is 2.32. The molecule has 1 aromatic heterocycles. The first-order valence-corrected chi connectivity index (χ1v) is 8.02. The van der Waals surface area contributed by atoms with Crippen LogP contribution in [0.25, 0.3) is 0 Å². The number of benzene rings is 1. The SMILES string of the molecule is CCSC(Cc1ccccn1)C(O)c1ccccc1C. The number of thioether (sulfide) groups is 1. The zero-order valence-corrected chi connectivity index (χ0v) is 12.8. The van der Waals surface area contributed by atoms with Gasteiger partial charge in [0.1, 0.15) is 0 Å². The average molecular weight is 287 g/mol. The molecule has 0 bridgehead atoms. The standard InChI is InChI=1S/C17H21NOS/c1-3-20-16(12-14-9-6-7-11-18-14)17(19)15-10-5-4-8-13(15)2/h4-11,16-17,19H,3,12H2,1-2H3. The van der Waals surface area contributed by atoms with E-state index in [2.05, 4.69) is 11.9 Å². The highest BCUT2D eigenvalue weighted by atomic mass is 32.2. The Morgan fingerprint density at radius 3 is 2.55 bits per heavy atom. The van der Waals surface area contributed by atoms with Crippen LogP contribution in [0, 0.1) is 6.92 Å². The lowest BCUT2D eigenvalue weighted by atomic mass is 9.99. The molecule has 2 nitrogen and oxygen atoms in total. The van der Waals surface area contributed by atoms with E-state index in [0.717, 1.165) is 29.0 Å². The Labute approximate surface area is 125 Å². The van der Waals surface area contributed by atoms with Crippen LogP contribution in [0.2, 0.25) is 0 Å². The number of pyridine rings is 1. The van der Waals surface area contributed by atoms with Gasteiger partial charge in [0.2, 0.25) is 0 Å². The fraction of sp³-hybridized carbons (Fsp3) is 0.353. The van der Waals surface area contributed by atoms with Gasteiger partial charge >= 0.3 is 0 Å². The second kappa shape index (κ2) is 7.46. The summed E-state index contributed by atoms with van der Waals surface area (Å²) in [5, 5.41) is 10.8. The quantitative estimate of drug-likeness (QED) is 0.877. The van der Waals surface area contributed by atoms with Crippen LogP contribution in [0.5, 0.6) is 0 Å². The van der Waals surface area contributed by atoms with Gasteiger partial charge in [-0.1, -0.05) is 37.3 Å². The molecule has 2 aromatic rings. The predicted octanol–water partition coefficient (Wildman–Crippen LogP) is 3.79. The summed E-state index contributed by atoms with van der Waals surface area (Å²) in [5.41, 5.74) is 3.20. The third-order valence-corrected chi connectivity index (χ3v) is 4.56. The summed E-state index contributed by atoms with van der Waals surface area (Å²) in [6, 6.07) is 14.0. The Kier molecular flexibility index (Phi) is 5.62. The van der Waals surface area contributed by atoms with E-state index in [1.54, 1.807) is 11.8 Å².